The predicted octanol–water partition coefficient (Wildman–Crippen LogP) is 3.94. The number of thiophene rings is 1. The van der Waals surface area contributed by atoms with E-state index in [0.29, 0.717) is 10.6 Å². The molecule has 2 N–H and O–H groups in total. The molecule has 0 unspecified atom stereocenters. The molecule has 0 aliphatic carbocycles. The van der Waals surface area contributed by atoms with E-state index >= 15 is 0 Å². The zero-order chi connectivity index (χ0) is 18.9. The Labute approximate surface area is 157 Å². The summed E-state index contributed by atoms with van der Waals surface area (Å²) in [5.74, 6) is -1.12. The second-order valence-corrected chi connectivity index (χ2v) is 9.00. The molecule has 0 saturated heterocycles. The van der Waals surface area contributed by atoms with Crippen molar-refractivity contribution in [2.45, 2.75) is 6.92 Å². The van der Waals surface area contributed by atoms with Gasteiger partial charge in [0.25, 0.3) is 5.91 Å². The number of carbonyl (C=O) groups is 1. The number of carbonyl (C=O) groups excluding carboxylic acids is 1. The van der Waals surface area contributed by atoms with Crippen LogP contribution in [-0.4, -0.2) is 25.6 Å². The van der Waals surface area contributed by atoms with Gasteiger partial charge in [0.2, 0.25) is 10.0 Å². The number of thiazole rings is 1. The van der Waals surface area contributed by atoms with E-state index in [1.165, 1.54) is 23.5 Å². The predicted molar refractivity (Wildman–Crippen MR) is 103 cm³/mol. The molecule has 0 radical (unpaired) electrons. The summed E-state index contributed by atoms with van der Waals surface area (Å²) in [6, 6.07) is 5.59. The molecule has 3 rings (SSSR count). The molecule has 0 spiro atoms. The Morgan fingerprint density at radius 1 is 1.27 bits per heavy atom. The van der Waals surface area contributed by atoms with E-state index in [-0.39, 0.29) is 11.4 Å². The van der Waals surface area contributed by atoms with E-state index in [0.717, 1.165) is 22.9 Å². The van der Waals surface area contributed by atoms with Gasteiger partial charge in [-0.1, -0.05) is 0 Å². The van der Waals surface area contributed by atoms with Crippen LogP contribution in [0.3, 0.4) is 0 Å². The van der Waals surface area contributed by atoms with Crippen LogP contribution in [0.15, 0.2) is 35.0 Å². The normalized spacial score (nSPS) is 11.3. The smallest absolute Gasteiger partial charge is 0.267 e. The minimum atomic E-state index is -3.64. The lowest BCUT2D eigenvalue weighted by Crippen LogP contribution is -2.14. The fraction of sp³-hybridized carbons (Fsp3) is 0.125. The Morgan fingerprint density at radius 2 is 2.04 bits per heavy atom. The summed E-state index contributed by atoms with van der Waals surface area (Å²) in [5, 5.41) is 7.27. The first kappa shape index (κ1) is 18.5. The monoisotopic (exact) mass is 411 g/mol. The molecule has 10 heteroatoms. The van der Waals surface area contributed by atoms with Crippen molar-refractivity contribution in [3.63, 3.8) is 0 Å². The lowest BCUT2D eigenvalue weighted by atomic mass is 10.2. The molecule has 26 heavy (non-hydrogen) atoms. The highest BCUT2D eigenvalue weighted by atomic mass is 32.2. The van der Waals surface area contributed by atoms with Crippen LogP contribution in [0.2, 0.25) is 0 Å². The topological polar surface area (TPSA) is 88.2 Å². The van der Waals surface area contributed by atoms with Crippen LogP contribution in [0.4, 0.5) is 15.8 Å². The zero-order valence-corrected chi connectivity index (χ0v) is 16.2. The molecule has 0 aliphatic heterocycles. The van der Waals surface area contributed by atoms with E-state index in [9.17, 15) is 17.6 Å². The maximum Gasteiger partial charge on any atom is 0.267 e. The highest BCUT2D eigenvalue weighted by Crippen LogP contribution is 2.30. The highest BCUT2D eigenvalue weighted by Gasteiger charge is 2.17. The Hall–Kier alpha value is -2.30. The van der Waals surface area contributed by atoms with E-state index < -0.39 is 21.7 Å². The quantitative estimate of drug-likeness (QED) is 0.666. The van der Waals surface area contributed by atoms with Crippen molar-refractivity contribution in [1.82, 2.24) is 4.98 Å². The largest absolute Gasteiger partial charge is 0.321 e. The number of aromatic nitrogens is 1. The molecule has 1 amide bonds. The third kappa shape index (κ3) is 4.26. The number of sulfonamides is 1. The number of rotatable bonds is 5. The van der Waals surface area contributed by atoms with Crippen LogP contribution in [0.5, 0.6) is 0 Å². The number of hydrogen-bond donors (Lipinski definition) is 2. The minimum absolute atomic E-state index is 0.231. The Kier molecular flexibility index (Phi) is 5.08. The van der Waals surface area contributed by atoms with Crippen LogP contribution in [-0.2, 0) is 10.0 Å². The zero-order valence-electron chi connectivity index (χ0n) is 13.7. The number of nitrogens with zero attached hydrogens (tertiary/aromatic N) is 1. The number of benzene rings is 1. The van der Waals surface area contributed by atoms with Gasteiger partial charge in [0.05, 0.1) is 17.6 Å². The number of amides is 1. The third-order valence-corrected chi connectivity index (χ3v) is 5.77. The maximum absolute atomic E-state index is 13.7. The third-order valence-electron chi connectivity index (χ3n) is 3.29. The summed E-state index contributed by atoms with van der Waals surface area (Å²) in [5.41, 5.74) is 1.58. The van der Waals surface area contributed by atoms with Gasteiger partial charge in [-0.05, 0) is 36.6 Å². The van der Waals surface area contributed by atoms with Gasteiger partial charge < -0.3 is 5.32 Å². The summed E-state index contributed by atoms with van der Waals surface area (Å²) in [7, 11) is -3.64. The molecule has 0 saturated carbocycles. The highest BCUT2D eigenvalue weighted by molar-refractivity contribution is 7.92. The molecular weight excluding hydrogens is 397 g/mol. The Bertz CT molecular complexity index is 1060. The first-order valence-corrected chi connectivity index (χ1v) is 11.0. The average molecular weight is 412 g/mol. The first-order chi connectivity index (χ1) is 12.2. The van der Waals surface area contributed by atoms with E-state index in [1.807, 2.05) is 16.8 Å². The van der Waals surface area contributed by atoms with Crippen molar-refractivity contribution in [2.75, 3.05) is 16.3 Å². The molecule has 0 aliphatic rings. The fourth-order valence-electron chi connectivity index (χ4n) is 2.19. The standard InChI is InChI=1S/C16H14FN3O3S3/c1-9-14(25-16(18-9)10-5-6-24-8-10)15(21)19-11-3-4-12(17)13(7-11)20-26(2,22)23/h3-8,20H,1-2H3,(H,19,21). The van der Waals surface area contributed by atoms with Crippen LogP contribution >= 0.6 is 22.7 Å². The van der Waals surface area contributed by atoms with Crippen LogP contribution < -0.4 is 10.0 Å². The van der Waals surface area contributed by atoms with E-state index in [1.54, 1.807) is 18.3 Å². The van der Waals surface area contributed by atoms with E-state index in [4.69, 9.17) is 0 Å². The van der Waals surface area contributed by atoms with Gasteiger partial charge in [-0.25, -0.2) is 17.8 Å². The second kappa shape index (κ2) is 7.14. The number of halogens is 1. The number of anilines is 2. The van der Waals surface area contributed by atoms with Gasteiger partial charge in [-0.15, -0.1) is 11.3 Å². The fourth-order valence-corrected chi connectivity index (χ4v) is 4.41. The molecule has 2 heterocycles. The van der Waals surface area contributed by atoms with Gasteiger partial charge in [0, 0.05) is 16.6 Å². The second-order valence-electron chi connectivity index (χ2n) is 5.47. The van der Waals surface area contributed by atoms with Crippen molar-refractivity contribution in [3.05, 3.63) is 51.4 Å². The molecule has 6 nitrogen and oxygen atoms in total. The van der Waals surface area contributed by atoms with Gasteiger partial charge in [-0.3, -0.25) is 9.52 Å². The summed E-state index contributed by atoms with van der Waals surface area (Å²) in [4.78, 5) is 17.4. The van der Waals surface area contributed by atoms with Gasteiger partial charge in [0.15, 0.2) is 0 Å². The molecule has 0 atom stereocenters. The van der Waals surface area contributed by atoms with Crippen molar-refractivity contribution in [3.8, 4) is 10.6 Å². The van der Waals surface area contributed by atoms with Gasteiger partial charge >= 0.3 is 0 Å². The Morgan fingerprint density at radius 3 is 2.69 bits per heavy atom. The Balaban J connectivity index is 1.83. The first-order valence-electron chi connectivity index (χ1n) is 7.31. The molecule has 136 valence electrons. The van der Waals surface area contributed by atoms with Crippen molar-refractivity contribution >= 4 is 50.0 Å². The number of hydrogen-bond acceptors (Lipinski definition) is 6. The number of aryl methyl sites for hydroxylation is 1. The molecule has 2 aromatic heterocycles. The van der Waals surface area contributed by atoms with Crippen molar-refractivity contribution < 1.29 is 17.6 Å². The lowest BCUT2D eigenvalue weighted by Gasteiger charge is -2.09. The van der Waals surface area contributed by atoms with Crippen molar-refractivity contribution in [2.24, 2.45) is 0 Å². The minimum Gasteiger partial charge on any atom is -0.321 e. The van der Waals surface area contributed by atoms with Crippen LogP contribution in [0, 0.1) is 12.7 Å². The van der Waals surface area contributed by atoms with Gasteiger partial charge in [0.1, 0.15) is 15.7 Å². The molecule has 0 bridgehead atoms. The lowest BCUT2D eigenvalue weighted by molar-refractivity contribution is 0.103. The SMILES string of the molecule is Cc1nc(-c2ccsc2)sc1C(=O)Nc1ccc(F)c(NS(C)(=O)=O)c1. The average Bonchev–Trinajstić information content (AvgIpc) is 3.18. The molecular formula is C16H14FN3O3S3. The van der Waals surface area contributed by atoms with Crippen LogP contribution in [0.1, 0.15) is 15.4 Å². The van der Waals surface area contributed by atoms with Crippen molar-refractivity contribution in [1.29, 1.82) is 0 Å². The molecule has 0 fully saturated rings. The van der Waals surface area contributed by atoms with E-state index in [2.05, 4.69) is 15.0 Å². The summed E-state index contributed by atoms with van der Waals surface area (Å²) in [6.45, 7) is 1.74. The van der Waals surface area contributed by atoms with Gasteiger partial charge in [-0.2, -0.15) is 11.3 Å². The maximum atomic E-state index is 13.7. The van der Waals surface area contributed by atoms with Crippen LogP contribution in [0.25, 0.3) is 10.6 Å². The summed E-state index contributed by atoms with van der Waals surface area (Å²) < 4.78 is 38.4. The summed E-state index contributed by atoms with van der Waals surface area (Å²) in [6.07, 6.45) is 0.921. The molecule has 1 aromatic carbocycles. The molecule has 3 aromatic rings. The summed E-state index contributed by atoms with van der Waals surface area (Å²) >= 11 is 2.80. The number of nitrogens with one attached hydrogen (secondary N) is 2.